The van der Waals surface area contributed by atoms with Gasteiger partial charge in [-0.25, -0.2) is 4.79 Å². The molecule has 0 radical (unpaired) electrons. The third-order valence-corrected chi connectivity index (χ3v) is 5.63. The second-order valence-electron chi connectivity index (χ2n) is 7.61. The highest BCUT2D eigenvalue weighted by Gasteiger charge is 2.26. The number of nitrogens with zero attached hydrogens (tertiary/aromatic N) is 1. The Bertz CT molecular complexity index is 589. The van der Waals surface area contributed by atoms with E-state index in [0.29, 0.717) is 29.7 Å². The van der Waals surface area contributed by atoms with E-state index in [4.69, 9.17) is 0 Å². The van der Waals surface area contributed by atoms with Crippen LogP contribution in [0.1, 0.15) is 62.4 Å². The maximum atomic E-state index is 12.5. The number of benzene rings is 1. The van der Waals surface area contributed by atoms with E-state index >= 15 is 0 Å². The molecule has 0 bridgehead atoms. The average Bonchev–Trinajstić information content (AvgIpc) is 2.60. The molecule has 1 aromatic carbocycles. The summed E-state index contributed by atoms with van der Waals surface area (Å²) in [5, 5.41) is 9.31. The molecule has 0 spiro atoms. The van der Waals surface area contributed by atoms with Crippen LogP contribution < -0.4 is 0 Å². The Kier molecular flexibility index (Phi) is 7.03. The summed E-state index contributed by atoms with van der Waals surface area (Å²) in [5.41, 5.74) is 1.31. The van der Waals surface area contributed by atoms with E-state index in [1.807, 2.05) is 17.0 Å². The number of hydrogen-bond donors (Lipinski definition) is 1. The third kappa shape index (κ3) is 5.32. The van der Waals surface area contributed by atoms with Crippen molar-refractivity contribution in [2.45, 2.75) is 52.9 Å². The van der Waals surface area contributed by atoms with Gasteiger partial charge in [-0.2, -0.15) is 0 Å². The van der Waals surface area contributed by atoms with Gasteiger partial charge in [-0.15, -0.1) is 0 Å². The van der Waals surface area contributed by atoms with Gasteiger partial charge in [0.15, 0.2) is 0 Å². The van der Waals surface area contributed by atoms with Crippen LogP contribution in [0.4, 0.5) is 0 Å². The predicted octanol–water partition coefficient (Wildman–Crippen LogP) is 4.24. The van der Waals surface area contributed by atoms with E-state index in [9.17, 15) is 14.7 Å². The zero-order valence-corrected chi connectivity index (χ0v) is 15.7. The summed E-state index contributed by atoms with van der Waals surface area (Å²) < 4.78 is 0. The fraction of sp³-hybridized carbons (Fsp3) is 0.619. The second-order valence-corrected chi connectivity index (χ2v) is 7.61. The van der Waals surface area contributed by atoms with Crippen LogP contribution in [-0.4, -0.2) is 35.0 Å². The summed E-state index contributed by atoms with van der Waals surface area (Å²) in [6.07, 6.45) is 4.40. The van der Waals surface area contributed by atoms with Gasteiger partial charge < -0.3 is 10.0 Å². The normalized spacial score (nSPS) is 16.9. The summed E-state index contributed by atoms with van der Waals surface area (Å²) >= 11 is 0. The largest absolute Gasteiger partial charge is 0.478 e. The predicted molar refractivity (Wildman–Crippen MR) is 99.6 cm³/mol. The van der Waals surface area contributed by atoms with Gasteiger partial charge in [0, 0.05) is 19.5 Å². The van der Waals surface area contributed by atoms with Crippen molar-refractivity contribution in [1.82, 2.24) is 4.90 Å². The van der Waals surface area contributed by atoms with Gasteiger partial charge in [-0.05, 0) is 48.6 Å². The van der Waals surface area contributed by atoms with Crippen LogP contribution in [0.15, 0.2) is 24.3 Å². The molecular formula is C21H31NO3. The summed E-state index contributed by atoms with van der Waals surface area (Å²) in [5.74, 6) is 0.885. The summed E-state index contributed by atoms with van der Waals surface area (Å²) in [4.78, 5) is 25.9. The lowest BCUT2D eigenvalue weighted by atomic mass is 9.87. The number of hydrogen-bond acceptors (Lipinski definition) is 2. The first-order valence-corrected chi connectivity index (χ1v) is 9.51. The number of carboxylic acid groups (broad SMARTS) is 1. The Balaban J connectivity index is 1.88. The van der Waals surface area contributed by atoms with Crippen molar-refractivity contribution in [2.75, 3.05) is 13.1 Å². The van der Waals surface area contributed by atoms with Gasteiger partial charge in [0.2, 0.25) is 5.91 Å². The molecule has 1 aromatic rings. The van der Waals surface area contributed by atoms with Gasteiger partial charge >= 0.3 is 5.97 Å². The van der Waals surface area contributed by atoms with Crippen LogP contribution in [0.3, 0.4) is 0 Å². The lowest BCUT2D eigenvalue weighted by Crippen LogP contribution is -2.40. The number of aromatic carboxylic acids is 1. The second kappa shape index (κ2) is 9.02. The zero-order valence-electron chi connectivity index (χ0n) is 15.7. The van der Waals surface area contributed by atoms with E-state index in [0.717, 1.165) is 44.3 Å². The maximum absolute atomic E-state index is 12.5. The quantitative estimate of drug-likeness (QED) is 0.804. The van der Waals surface area contributed by atoms with E-state index in [1.54, 1.807) is 12.1 Å². The molecule has 1 unspecified atom stereocenters. The summed E-state index contributed by atoms with van der Waals surface area (Å²) in [6, 6.07) is 7.26. The van der Waals surface area contributed by atoms with Crippen LogP contribution in [0, 0.1) is 17.8 Å². The summed E-state index contributed by atoms with van der Waals surface area (Å²) in [7, 11) is 0. The first-order chi connectivity index (χ1) is 11.9. The Morgan fingerprint density at radius 1 is 1.20 bits per heavy atom. The van der Waals surface area contributed by atoms with Crippen LogP contribution in [-0.2, 0) is 11.2 Å². The summed E-state index contributed by atoms with van der Waals surface area (Å²) in [6.45, 7) is 8.13. The first kappa shape index (κ1) is 19.5. The topological polar surface area (TPSA) is 57.6 Å². The zero-order chi connectivity index (χ0) is 18.4. The molecule has 4 heteroatoms. The van der Waals surface area contributed by atoms with Crippen molar-refractivity contribution in [3.8, 4) is 0 Å². The number of carbonyl (C=O) groups is 2. The van der Waals surface area contributed by atoms with Crippen molar-refractivity contribution < 1.29 is 14.7 Å². The molecule has 0 aromatic heterocycles. The van der Waals surface area contributed by atoms with E-state index in [1.165, 1.54) is 0 Å². The van der Waals surface area contributed by atoms with Crippen molar-refractivity contribution in [1.29, 1.82) is 0 Å². The minimum absolute atomic E-state index is 0.282. The highest BCUT2D eigenvalue weighted by molar-refractivity contribution is 5.89. The van der Waals surface area contributed by atoms with Gasteiger partial charge in [0.25, 0.3) is 0 Å². The Morgan fingerprint density at radius 3 is 2.40 bits per heavy atom. The van der Waals surface area contributed by atoms with Crippen molar-refractivity contribution in [3.63, 3.8) is 0 Å². The minimum Gasteiger partial charge on any atom is -0.478 e. The molecule has 1 amide bonds. The number of amides is 1. The molecule has 4 nitrogen and oxygen atoms in total. The highest BCUT2D eigenvalue weighted by Crippen LogP contribution is 2.26. The number of rotatable bonds is 7. The maximum Gasteiger partial charge on any atom is 0.335 e. The molecule has 138 valence electrons. The van der Waals surface area contributed by atoms with E-state index in [2.05, 4.69) is 20.8 Å². The number of carboxylic acids is 1. The van der Waals surface area contributed by atoms with Crippen LogP contribution in [0.2, 0.25) is 0 Å². The molecule has 1 aliphatic heterocycles. The lowest BCUT2D eigenvalue weighted by molar-refractivity contribution is -0.134. The first-order valence-electron chi connectivity index (χ1n) is 9.51. The number of likely N-dealkylation sites (tertiary alicyclic amines) is 1. The van der Waals surface area contributed by atoms with Crippen molar-refractivity contribution in [2.24, 2.45) is 17.8 Å². The van der Waals surface area contributed by atoms with Gasteiger partial charge in [0.05, 0.1) is 5.56 Å². The molecule has 25 heavy (non-hydrogen) atoms. The van der Waals surface area contributed by atoms with Crippen LogP contribution in [0.25, 0.3) is 0 Å². The number of piperidine rings is 1. The van der Waals surface area contributed by atoms with Crippen molar-refractivity contribution >= 4 is 11.9 Å². The lowest BCUT2D eigenvalue weighted by Gasteiger charge is -2.33. The molecule has 1 atom stereocenters. The Hall–Kier alpha value is -1.84. The van der Waals surface area contributed by atoms with Gasteiger partial charge in [-0.1, -0.05) is 45.4 Å². The van der Waals surface area contributed by atoms with Gasteiger partial charge in [0.1, 0.15) is 0 Å². The number of carbonyl (C=O) groups excluding carboxylic acids is 1. The monoisotopic (exact) mass is 345 g/mol. The average molecular weight is 345 g/mol. The molecule has 1 saturated heterocycles. The molecule has 1 heterocycles. The van der Waals surface area contributed by atoms with Crippen LogP contribution >= 0.6 is 0 Å². The molecule has 2 rings (SSSR count). The standard InChI is InChI=1S/C21H31NO3/c1-4-17(15(2)3)14-20(23)22-11-9-16(10-12-22)13-18-7-5-6-8-19(18)21(24)25/h5-8,15-17H,4,9-14H2,1-3H3,(H,24,25). The minimum atomic E-state index is -0.859. The Morgan fingerprint density at radius 2 is 1.84 bits per heavy atom. The van der Waals surface area contributed by atoms with Crippen LogP contribution in [0.5, 0.6) is 0 Å². The van der Waals surface area contributed by atoms with Crippen molar-refractivity contribution in [3.05, 3.63) is 35.4 Å². The van der Waals surface area contributed by atoms with E-state index < -0.39 is 5.97 Å². The molecule has 1 N–H and O–H groups in total. The molecule has 0 aliphatic carbocycles. The fourth-order valence-corrected chi connectivity index (χ4v) is 3.81. The molecular weight excluding hydrogens is 314 g/mol. The SMILES string of the molecule is CCC(CC(=O)N1CCC(Cc2ccccc2C(=O)O)CC1)C(C)C. The smallest absolute Gasteiger partial charge is 0.335 e. The highest BCUT2D eigenvalue weighted by atomic mass is 16.4. The molecule has 1 aliphatic rings. The molecule has 1 fully saturated rings. The Labute approximate surface area is 151 Å². The molecule has 0 saturated carbocycles. The third-order valence-electron chi connectivity index (χ3n) is 5.63. The van der Waals surface area contributed by atoms with E-state index in [-0.39, 0.29) is 5.91 Å². The van der Waals surface area contributed by atoms with Gasteiger partial charge in [-0.3, -0.25) is 4.79 Å². The fourth-order valence-electron chi connectivity index (χ4n) is 3.81.